The molecule has 90 valence electrons. The Balaban J connectivity index is 2.91. The first-order valence-corrected chi connectivity index (χ1v) is 5.73. The van der Waals surface area contributed by atoms with E-state index in [9.17, 15) is 8.78 Å². The van der Waals surface area contributed by atoms with Gasteiger partial charge >= 0.3 is 0 Å². The molecule has 0 fully saturated rings. The van der Waals surface area contributed by atoms with E-state index in [1.54, 1.807) is 0 Å². The van der Waals surface area contributed by atoms with E-state index < -0.39 is 17.7 Å². The predicted octanol–water partition coefficient (Wildman–Crippen LogP) is 4.05. The molecule has 0 aliphatic carbocycles. The highest BCUT2D eigenvalue weighted by atomic mass is 35.5. The van der Waals surface area contributed by atoms with E-state index in [-0.39, 0.29) is 10.6 Å². The van der Waals surface area contributed by atoms with Gasteiger partial charge in [0, 0.05) is 11.6 Å². The second-order valence-corrected chi connectivity index (χ2v) is 4.55. The van der Waals surface area contributed by atoms with Gasteiger partial charge in [0.15, 0.2) is 0 Å². The number of hydrogen-bond acceptors (Lipinski definition) is 1. The fourth-order valence-electron chi connectivity index (χ4n) is 1.55. The molecule has 0 bridgehead atoms. The molecule has 1 nitrogen and oxygen atoms in total. The molecule has 1 aromatic carbocycles. The summed E-state index contributed by atoms with van der Waals surface area (Å²) in [6.45, 7) is 4.07. The first-order chi connectivity index (χ1) is 7.45. The molecule has 2 unspecified atom stereocenters. The number of benzene rings is 1. The SMILES string of the molecule is CCC(C)CC(N)c1cc(F)c(Cl)cc1F. The van der Waals surface area contributed by atoms with Crippen molar-refractivity contribution in [1.29, 1.82) is 0 Å². The molecule has 0 spiro atoms. The fourth-order valence-corrected chi connectivity index (χ4v) is 1.70. The minimum absolute atomic E-state index is 0.196. The van der Waals surface area contributed by atoms with Crippen molar-refractivity contribution < 1.29 is 8.78 Å². The third-order valence-electron chi connectivity index (χ3n) is 2.79. The zero-order valence-electron chi connectivity index (χ0n) is 9.43. The van der Waals surface area contributed by atoms with Gasteiger partial charge in [0.2, 0.25) is 0 Å². The van der Waals surface area contributed by atoms with Crippen molar-refractivity contribution in [3.8, 4) is 0 Å². The van der Waals surface area contributed by atoms with Gasteiger partial charge in [-0.2, -0.15) is 0 Å². The standard InChI is InChI=1S/C12H16ClF2N/c1-3-7(2)4-12(16)8-5-11(15)9(13)6-10(8)14/h5-7,12H,3-4,16H2,1-2H3. The van der Waals surface area contributed by atoms with Gasteiger partial charge in [0.1, 0.15) is 11.6 Å². The van der Waals surface area contributed by atoms with E-state index in [1.807, 2.05) is 13.8 Å². The summed E-state index contributed by atoms with van der Waals surface area (Å²) >= 11 is 5.47. The Morgan fingerprint density at radius 2 is 1.94 bits per heavy atom. The Labute approximate surface area is 99.6 Å². The van der Waals surface area contributed by atoms with Gasteiger partial charge in [-0.05, 0) is 24.5 Å². The average molecular weight is 248 g/mol. The molecular weight excluding hydrogens is 232 g/mol. The van der Waals surface area contributed by atoms with E-state index in [0.29, 0.717) is 12.3 Å². The number of rotatable bonds is 4. The Morgan fingerprint density at radius 3 is 2.50 bits per heavy atom. The fraction of sp³-hybridized carbons (Fsp3) is 0.500. The molecule has 0 aromatic heterocycles. The molecule has 0 heterocycles. The van der Waals surface area contributed by atoms with Crippen LogP contribution < -0.4 is 5.73 Å². The van der Waals surface area contributed by atoms with E-state index >= 15 is 0 Å². The van der Waals surface area contributed by atoms with Crippen LogP contribution in [0.2, 0.25) is 5.02 Å². The molecule has 1 aromatic rings. The normalized spacial score (nSPS) is 14.9. The third-order valence-corrected chi connectivity index (χ3v) is 3.08. The first-order valence-electron chi connectivity index (χ1n) is 5.35. The minimum Gasteiger partial charge on any atom is -0.324 e. The van der Waals surface area contributed by atoms with Crippen LogP contribution in [-0.2, 0) is 0 Å². The van der Waals surface area contributed by atoms with Gasteiger partial charge in [-0.3, -0.25) is 0 Å². The lowest BCUT2D eigenvalue weighted by Crippen LogP contribution is -2.15. The van der Waals surface area contributed by atoms with Crippen LogP contribution in [-0.4, -0.2) is 0 Å². The molecule has 0 aliphatic rings. The summed E-state index contributed by atoms with van der Waals surface area (Å²) in [6, 6.07) is 1.58. The van der Waals surface area contributed by atoms with Crippen LogP contribution in [0.5, 0.6) is 0 Å². The molecule has 0 radical (unpaired) electrons. The van der Waals surface area contributed by atoms with Crippen molar-refractivity contribution >= 4 is 11.6 Å². The van der Waals surface area contributed by atoms with Gasteiger partial charge in [0.05, 0.1) is 5.02 Å². The summed E-state index contributed by atoms with van der Waals surface area (Å²) in [7, 11) is 0. The van der Waals surface area contributed by atoms with Crippen molar-refractivity contribution in [1.82, 2.24) is 0 Å². The molecule has 0 saturated heterocycles. The average Bonchev–Trinajstić information content (AvgIpc) is 2.23. The lowest BCUT2D eigenvalue weighted by Gasteiger charge is -2.17. The molecule has 0 amide bonds. The highest BCUT2D eigenvalue weighted by Crippen LogP contribution is 2.26. The smallest absolute Gasteiger partial charge is 0.142 e. The Kier molecular flexibility index (Phi) is 4.69. The monoisotopic (exact) mass is 247 g/mol. The molecular formula is C12H16ClF2N. The van der Waals surface area contributed by atoms with Crippen LogP contribution in [0.3, 0.4) is 0 Å². The van der Waals surface area contributed by atoms with Crippen molar-refractivity contribution in [2.24, 2.45) is 11.7 Å². The zero-order chi connectivity index (χ0) is 12.3. The minimum atomic E-state index is -0.627. The predicted molar refractivity (Wildman–Crippen MR) is 62.4 cm³/mol. The van der Waals surface area contributed by atoms with E-state index in [0.717, 1.165) is 18.6 Å². The number of hydrogen-bond donors (Lipinski definition) is 1. The van der Waals surface area contributed by atoms with Gasteiger partial charge in [-0.25, -0.2) is 8.78 Å². The molecule has 4 heteroatoms. The Bertz CT molecular complexity index is 368. The second kappa shape index (κ2) is 5.60. The maximum absolute atomic E-state index is 13.5. The highest BCUT2D eigenvalue weighted by Gasteiger charge is 2.16. The topological polar surface area (TPSA) is 26.0 Å². The quantitative estimate of drug-likeness (QED) is 0.798. The summed E-state index contributed by atoms with van der Waals surface area (Å²) in [4.78, 5) is 0. The van der Waals surface area contributed by atoms with Crippen LogP contribution in [0.25, 0.3) is 0 Å². The molecule has 0 aliphatic heterocycles. The molecule has 1 rings (SSSR count). The molecule has 16 heavy (non-hydrogen) atoms. The van der Waals surface area contributed by atoms with E-state index in [4.69, 9.17) is 17.3 Å². The van der Waals surface area contributed by atoms with Gasteiger partial charge < -0.3 is 5.73 Å². The second-order valence-electron chi connectivity index (χ2n) is 4.14. The summed E-state index contributed by atoms with van der Waals surface area (Å²) in [5.74, 6) is -0.784. The first kappa shape index (κ1) is 13.4. The Morgan fingerprint density at radius 1 is 1.31 bits per heavy atom. The summed E-state index contributed by atoms with van der Waals surface area (Å²) in [5, 5.41) is -0.211. The van der Waals surface area contributed by atoms with Crippen molar-refractivity contribution in [2.45, 2.75) is 32.7 Å². The van der Waals surface area contributed by atoms with E-state index in [1.165, 1.54) is 0 Å². The maximum Gasteiger partial charge on any atom is 0.142 e. The van der Waals surface area contributed by atoms with Crippen LogP contribution >= 0.6 is 11.6 Å². The van der Waals surface area contributed by atoms with Gasteiger partial charge in [-0.1, -0.05) is 31.9 Å². The van der Waals surface area contributed by atoms with Gasteiger partial charge in [0.25, 0.3) is 0 Å². The molecule has 2 atom stereocenters. The lowest BCUT2D eigenvalue weighted by molar-refractivity contribution is 0.447. The third kappa shape index (κ3) is 3.16. The summed E-state index contributed by atoms with van der Waals surface area (Å²) < 4.78 is 26.7. The van der Waals surface area contributed by atoms with Crippen molar-refractivity contribution in [2.75, 3.05) is 0 Å². The van der Waals surface area contributed by atoms with Crippen LogP contribution in [0.1, 0.15) is 38.3 Å². The zero-order valence-corrected chi connectivity index (χ0v) is 10.2. The Hall–Kier alpha value is -0.670. The van der Waals surface area contributed by atoms with Crippen LogP contribution in [0.4, 0.5) is 8.78 Å². The van der Waals surface area contributed by atoms with Crippen molar-refractivity contribution in [3.63, 3.8) is 0 Å². The largest absolute Gasteiger partial charge is 0.324 e. The highest BCUT2D eigenvalue weighted by molar-refractivity contribution is 6.30. The van der Waals surface area contributed by atoms with Gasteiger partial charge in [-0.15, -0.1) is 0 Å². The number of halogens is 3. The van der Waals surface area contributed by atoms with Crippen molar-refractivity contribution in [3.05, 3.63) is 34.4 Å². The van der Waals surface area contributed by atoms with E-state index in [2.05, 4.69) is 0 Å². The van der Waals surface area contributed by atoms with Crippen LogP contribution in [0, 0.1) is 17.6 Å². The lowest BCUT2D eigenvalue weighted by atomic mass is 9.94. The number of nitrogens with two attached hydrogens (primary N) is 1. The van der Waals surface area contributed by atoms with Crippen LogP contribution in [0.15, 0.2) is 12.1 Å². The molecule has 2 N–H and O–H groups in total. The summed E-state index contributed by atoms with van der Waals surface area (Å²) in [6.07, 6.45) is 1.60. The molecule has 0 saturated carbocycles. The summed E-state index contributed by atoms with van der Waals surface area (Å²) in [5.41, 5.74) is 6.04. The maximum atomic E-state index is 13.5.